The third-order valence-corrected chi connectivity index (χ3v) is 2.13. The Morgan fingerprint density at radius 3 is 2.53 bits per heavy atom. The fraction of sp³-hybridized carbons (Fsp3) is 0.182. The fourth-order valence-electron chi connectivity index (χ4n) is 1.32. The number of H-pyrrole nitrogens is 1. The van der Waals surface area contributed by atoms with Crippen LogP contribution in [0, 0.1) is 6.92 Å². The first-order valence-electron chi connectivity index (χ1n) is 4.58. The summed E-state index contributed by atoms with van der Waals surface area (Å²) >= 11 is 0. The molecule has 1 heterocycles. The van der Waals surface area contributed by atoms with Crippen molar-refractivity contribution in [2.24, 2.45) is 5.73 Å². The third kappa shape index (κ3) is 1.99. The van der Waals surface area contributed by atoms with Crippen LogP contribution in [-0.4, -0.2) is 17.1 Å². The van der Waals surface area contributed by atoms with Gasteiger partial charge in [0.25, 0.3) is 5.56 Å². The zero-order valence-electron chi connectivity index (χ0n) is 8.74. The lowest BCUT2D eigenvalue weighted by molar-refractivity contribution is 0.476. The number of aromatic hydroxyl groups is 1. The number of rotatable bonds is 0. The Morgan fingerprint density at radius 1 is 1.27 bits per heavy atom. The van der Waals surface area contributed by atoms with Gasteiger partial charge in [0, 0.05) is 5.39 Å². The molecule has 0 aliphatic carbocycles. The quantitative estimate of drug-likeness (QED) is 0.604. The maximum atomic E-state index is 11.2. The molecule has 0 atom stereocenters. The van der Waals surface area contributed by atoms with E-state index in [1.54, 1.807) is 19.1 Å². The number of aromatic nitrogens is 1. The predicted octanol–water partition coefficient (Wildman–Crippen LogP) is 1.12. The molecule has 4 nitrogen and oxygen atoms in total. The summed E-state index contributed by atoms with van der Waals surface area (Å²) in [5, 5.41) is 10.3. The zero-order valence-corrected chi connectivity index (χ0v) is 8.74. The van der Waals surface area contributed by atoms with Crippen LogP contribution in [0.5, 0.6) is 5.75 Å². The predicted molar refractivity (Wildman–Crippen MR) is 61.1 cm³/mol. The van der Waals surface area contributed by atoms with Crippen molar-refractivity contribution in [1.82, 2.24) is 4.98 Å². The summed E-state index contributed by atoms with van der Waals surface area (Å²) in [6.07, 6.45) is 0. The minimum atomic E-state index is -0.240. The summed E-state index contributed by atoms with van der Waals surface area (Å²) < 4.78 is 0. The van der Waals surface area contributed by atoms with E-state index in [4.69, 9.17) is 0 Å². The molecule has 0 aliphatic rings. The molecule has 2 rings (SSSR count). The maximum absolute atomic E-state index is 11.2. The first-order chi connectivity index (χ1) is 7.20. The fourth-order valence-corrected chi connectivity index (χ4v) is 1.32. The van der Waals surface area contributed by atoms with E-state index in [1.807, 2.05) is 12.1 Å². The van der Waals surface area contributed by atoms with E-state index in [1.165, 1.54) is 7.05 Å². The molecule has 0 saturated carbocycles. The van der Waals surface area contributed by atoms with Crippen LogP contribution in [0.25, 0.3) is 10.9 Å². The van der Waals surface area contributed by atoms with Crippen LogP contribution < -0.4 is 11.3 Å². The lowest BCUT2D eigenvalue weighted by atomic mass is 10.1. The number of fused-ring (bicyclic) bond motifs is 1. The highest BCUT2D eigenvalue weighted by Gasteiger charge is 2.05. The summed E-state index contributed by atoms with van der Waals surface area (Å²) in [5.41, 5.74) is 5.28. The molecule has 0 bridgehead atoms. The second kappa shape index (κ2) is 4.61. The summed E-state index contributed by atoms with van der Waals surface area (Å²) in [4.78, 5) is 13.9. The molecule has 0 radical (unpaired) electrons. The Balaban J connectivity index is 0.000000531. The normalized spacial score (nSPS) is 9.53. The Hall–Kier alpha value is -1.81. The summed E-state index contributed by atoms with van der Waals surface area (Å²) in [6.45, 7) is 1.60. The number of nitrogens with two attached hydrogens (primary N) is 1. The van der Waals surface area contributed by atoms with E-state index in [0.29, 0.717) is 16.5 Å². The van der Waals surface area contributed by atoms with Gasteiger partial charge in [-0.25, -0.2) is 0 Å². The second-order valence-electron chi connectivity index (χ2n) is 2.97. The van der Waals surface area contributed by atoms with Crippen LogP contribution in [0.3, 0.4) is 0 Å². The van der Waals surface area contributed by atoms with Crippen molar-refractivity contribution in [2.75, 3.05) is 7.05 Å². The van der Waals surface area contributed by atoms with Crippen LogP contribution >= 0.6 is 0 Å². The molecule has 0 spiro atoms. The van der Waals surface area contributed by atoms with E-state index >= 15 is 0 Å². The topological polar surface area (TPSA) is 79.1 Å². The Labute approximate surface area is 87.4 Å². The van der Waals surface area contributed by atoms with E-state index in [-0.39, 0.29) is 11.3 Å². The van der Waals surface area contributed by atoms with Crippen molar-refractivity contribution in [3.8, 4) is 5.75 Å². The van der Waals surface area contributed by atoms with Gasteiger partial charge in [-0.2, -0.15) is 0 Å². The molecule has 0 amide bonds. The van der Waals surface area contributed by atoms with Crippen molar-refractivity contribution in [2.45, 2.75) is 6.92 Å². The number of hydrogen-bond acceptors (Lipinski definition) is 3. The Bertz CT molecular complexity index is 517. The number of hydrogen-bond donors (Lipinski definition) is 3. The van der Waals surface area contributed by atoms with E-state index < -0.39 is 0 Å². The summed E-state index contributed by atoms with van der Waals surface area (Å²) in [6, 6.07) is 7.16. The molecule has 4 heteroatoms. The lowest BCUT2D eigenvalue weighted by Gasteiger charge is -2.02. The van der Waals surface area contributed by atoms with E-state index in [9.17, 15) is 9.90 Å². The molecule has 0 unspecified atom stereocenters. The third-order valence-electron chi connectivity index (χ3n) is 2.13. The first-order valence-corrected chi connectivity index (χ1v) is 4.58. The molecule has 1 aromatic heterocycles. The first kappa shape index (κ1) is 11.3. The van der Waals surface area contributed by atoms with Gasteiger partial charge in [-0.05, 0) is 26.1 Å². The molecule has 0 fully saturated rings. The molecular weight excluding hydrogens is 192 g/mol. The van der Waals surface area contributed by atoms with Gasteiger partial charge in [-0.15, -0.1) is 0 Å². The molecular formula is C11H14N2O2. The highest BCUT2D eigenvalue weighted by atomic mass is 16.3. The SMILES string of the molecule is CN.Cc1c(O)c2ccccc2[nH]c1=O. The minimum Gasteiger partial charge on any atom is -0.507 e. The van der Waals surface area contributed by atoms with Crippen LogP contribution in [0.15, 0.2) is 29.1 Å². The Morgan fingerprint density at radius 2 is 1.87 bits per heavy atom. The largest absolute Gasteiger partial charge is 0.507 e. The Kier molecular flexibility index (Phi) is 3.46. The van der Waals surface area contributed by atoms with Crippen molar-refractivity contribution < 1.29 is 5.11 Å². The molecule has 2 aromatic rings. The lowest BCUT2D eigenvalue weighted by Crippen LogP contribution is -2.08. The highest BCUT2D eigenvalue weighted by Crippen LogP contribution is 2.23. The molecule has 1 aromatic carbocycles. The van der Waals surface area contributed by atoms with Crippen molar-refractivity contribution in [3.05, 3.63) is 40.2 Å². The summed E-state index contributed by atoms with van der Waals surface area (Å²) in [7, 11) is 1.50. The number of aromatic amines is 1. The van der Waals surface area contributed by atoms with Crippen molar-refractivity contribution in [1.29, 1.82) is 0 Å². The molecule has 0 aliphatic heterocycles. The van der Waals surface area contributed by atoms with Crippen LogP contribution in [0.4, 0.5) is 0 Å². The van der Waals surface area contributed by atoms with Crippen molar-refractivity contribution in [3.63, 3.8) is 0 Å². The van der Waals surface area contributed by atoms with Gasteiger partial charge in [0.05, 0.1) is 11.1 Å². The molecule has 4 N–H and O–H groups in total. The maximum Gasteiger partial charge on any atom is 0.255 e. The van der Waals surface area contributed by atoms with E-state index in [2.05, 4.69) is 10.7 Å². The number of benzene rings is 1. The van der Waals surface area contributed by atoms with Gasteiger partial charge in [-0.3, -0.25) is 4.79 Å². The zero-order chi connectivity index (χ0) is 11.4. The highest BCUT2D eigenvalue weighted by molar-refractivity contribution is 5.85. The molecule has 0 saturated heterocycles. The molecule has 80 valence electrons. The van der Waals surface area contributed by atoms with Crippen LogP contribution in [0.2, 0.25) is 0 Å². The van der Waals surface area contributed by atoms with Gasteiger partial charge in [0.2, 0.25) is 0 Å². The molecule has 15 heavy (non-hydrogen) atoms. The van der Waals surface area contributed by atoms with Gasteiger partial charge in [0.15, 0.2) is 0 Å². The van der Waals surface area contributed by atoms with Gasteiger partial charge >= 0.3 is 0 Å². The van der Waals surface area contributed by atoms with Gasteiger partial charge in [0.1, 0.15) is 5.75 Å². The number of para-hydroxylation sites is 1. The smallest absolute Gasteiger partial charge is 0.255 e. The van der Waals surface area contributed by atoms with E-state index in [0.717, 1.165) is 0 Å². The van der Waals surface area contributed by atoms with Crippen LogP contribution in [-0.2, 0) is 0 Å². The van der Waals surface area contributed by atoms with Crippen molar-refractivity contribution >= 4 is 10.9 Å². The average molecular weight is 206 g/mol. The number of pyridine rings is 1. The average Bonchev–Trinajstić information content (AvgIpc) is 2.29. The monoisotopic (exact) mass is 206 g/mol. The van der Waals surface area contributed by atoms with Crippen LogP contribution in [0.1, 0.15) is 5.56 Å². The second-order valence-corrected chi connectivity index (χ2v) is 2.97. The standard InChI is InChI=1S/C10H9NO2.CH5N/c1-6-9(12)7-4-2-3-5-8(7)11-10(6)13;1-2/h2-5H,1H3,(H2,11,12,13);2H2,1H3. The minimum absolute atomic E-state index is 0.0688. The van der Waals surface area contributed by atoms with Gasteiger partial charge in [-0.1, -0.05) is 12.1 Å². The van der Waals surface area contributed by atoms with Gasteiger partial charge < -0.3 is 15.8 Å². The number of nitrogens with one attached hydrogen (secondary N) is 1. The summed E-state index contributed by atoms with van der Waals surface area (Å²) in [5.74, 6) is 0.0688.